The average molecular weight is 353 g/mol. The van der Waals surface area contributed by atoms with Gasteiger partial charge >= 0.3 is 5.97 Å². The quantitative estimate of drug-likeness (QED) is 0.837. The van der Waals surface area contributed by atoms with E-state index >= 15 is 0 Å². The highest BCUT2D eigenvalue weighted by Gasteiger charge is 2.42. The van der Waals surface area contributed by atoms with E-state index in [0.717, 1.165) is 42.7 Å². The fourth-order valence-corrected chi connectivity index (χ4v) is 3.88. The largest absolute Gasteiger partial charge is 0.479 e. The Bertz CT molecular complexity index is 796. The molecule has 0 saturated carbocycles. The molecule has 138 valence electrons. The van der Waals surface area contributed by atoms with E-state index in [1.54, 1.807) is 18.2 Å². The summed E-state index contributed by atoms with van der Waals surface area (Å²) in [5, 5.41) is 21.4. The van der Waals surface area contributed by atoms with Gasteiger partial charge in [0, 0.05) is 17.7 Å². The highest BCUT2D eigenvalue weighted by atomic mass is 16.4. The van der Waals surface area contributed by atoms with Crippen molar-refractivity contribution in [1.82, 2.24) is 4.90 Å². The molecule has 26 heavy (non-hydrogen) atoms. The first-order valence-electron chi connectivity index (χ1n) is 9.27. The van der Waals surface area contributed by atoms with Crippen LogP contribution in [0.4, 0.5) is 0 Å². The number of aliphatic carboxylic acids is 1. The zero-order valence-electron chi connectivity index (χ0n) is 15.5. The highest BCUT2D eigenvalue weighted by molar-refractivity contribution is 5.85. The Kier molecular flexibility index (Phi) is 5.44. The number of aryl methyl sites for hydroxylation is 2. The zero-order valence-corrected chi connectivity index (χ0v) is 15.5. The smallest absolute Gasteiger partial charge is 0.345 e. The van der Waals surface area contributed by atoms with Gasteiger partial charge in [0.05, 0.1) is 0 Å². The van der Waals surface area contributed by atoms with Crippen LogP contribution in [0.2, 0.25) is 0 Å². The SMILES string of the molecule is Cc1ccc(C)c(C(O)(C(=O)O)c2ccccc2CCN2CCCC2)c1. The molecule has 0 bridgehead atoms. The number of carbonyl (C=O) groups is 1. The summed E-state index contributed by atoms with van der Waals surface area (Å²) in [6, 6.07) is 13.0. The van der Waals surface area contributed by atoms with Gasteiger partial charge < -0.3 is 15.1 Å². The lowest BCUT2D eigenvalue weighted by Gasteiger charge is -2.29. The van der Waals surface area contributed by atoms with E-state index in [1.807, 2.05) is 38.1 Å². The normalized spacial score (nSPS) is 17.2. The second-order valence-electron chi connectivity index (χ2n) is 7.29. The third-order valence-electron chi connectivity index (χ3n) is 5.40. The molecule has 1 aliphatic heterocycles. The molecule has 4 heteroatoms. The van der Waals surface area contributed by atoms with Crippen LogP contribution in [0.15, 0.2) is 42.5 Å². The first-order valence-corrected chi connectivity index (χ1v) is 9.27. The number of aliphatic hydroxyl groups is 1. The van der Waals surface area contributed by atoms with Gasteiger partial charge in [0.15, 0.2) is 0 Å². The molecule has 2 aromatic carbocycles. The lowest BCUT2D eigenvalue weighted by molar-refractivity contribution is -0.155. The molecular weight excluding hydrogens is 326 g/mol. The zero-order chi connectivity index (χ0) is 18.7. The van der Waals surface area contributed by atoms with Crippen molar-refractivity contribution in [2.24, 2.45) is 0 Å². The molecule has 0 aromatic heterocycles. The molecule has 2 aromatic rings. The van der Waals surface area contributed by atoms with Gasteiger partial charge in [-0.05, 0) is 57.3 Å². The molecule has 0 amide bonds. The summed E-state index contributed by atoms with van der Waals surface area (Å²) in [4.78, 5) is 14.6. The van der Waals surface area contributed by atoms with Crippen molar-refractivity contribution in [2.45, 2.75) is 38.7 Å². The van der Waals surface area contributed by atoms with E-state index in [-0.39, 0.29) is 0 Å². The van der Waals surface area contributed by atoms with Crippen molar-refractivity contribution in [3.63, 3.8) is 0 Å². The van der Waals surface area contributed by atoms with Crippen molar-refractivity contribution in [3.8, 4) is 0 Å². The van der Waals surface area contributed by atoms with E-state index in [0.29, 0.717) is 11.1 Å². The van der Waals surface area contributed by atoms with Gasteiger partial charge in [-0.2, -0.15) is 0 Å². The number of hydrogen-bond donors (Lipinski definition) is 2. The minimum atomic E-state index is -2.04. The topological polar surface area (TPSA) is 60.8 Å². The van der Waals surface area contributed by atoms with Gasteiger partial charge in [-0.15, -0.1) is 0 Å². The lowest BCUT2D eigenvalue weighted by Crippen LogP contribution is -2.39. The second kappa shape index (κ2) is 7.60. The van der Waals surface area contributed by atoms with E-state index < -0.39 is 11.6 Å². The predicted octanol–water partition coefficient (Wildman–Crippen LogP) is 3.26. The van der Waals surface area contributed by atoms with Crippen LogP contribution in [-0.4, -0.2) is 40.7 Å². The molecule has 0 spiro atoms. The van der Waals surface area contributed by atoms with Crippen LogP contribution in [0.1, 0.15) is 40.7 Å². The van der Waals surface area contributed by atoms with Gasteiger partial charge in [0.2, 0.25) is 5.60 Å². The number of hydrogen-bond acceptors (Lipinski definition) is 3. The Hall–Kier alpha value is -2.17. The summed E-state index contributed by atoms with van der Waals surface area (Å²) >= 11 is 0. The highest BCUT2D eigenvalue weighted by Crippen LogP contribution is 2.35. The standard InChI is InChI=1S/C22H27NO3/c1-16-9-10-17(2)20(15-16)22(26,21(24)25)19-8-4-3-7-18(19)11-14-23-12-5-6-13-23/h3-4,7-10,15,26H,5-6,11-14H2,1-2H3,(H,24,25). The molecule has 1 fully saturated rings. The number of likely N-dealkylation sites (tertiary alicyclic amines) is 1. The van der Waals surface area contributed by atoms with E-state index in [2.05, 4.69) is 4.90 Å². The van der Waals surface area contributed by atoms with Crippen LogP contribution in [0.25, 0.3) is 0 Å². The molecule has 1 aliphatic rings. The first-order chi connectivity index (χ1) is 12.4. The molecule has 1 heterocycles. The molecule has 0 aliphatic carbocycles. The third kappa shape index (κ3) is 3.53. The van der Waals surface area contributed by atoms with Crippen molar-refractivity contribution < 1.29 is 15.0 Å². The van der Waals surface area contributed by atoms with E-state index in [4.69, 9.17) is 0 Å². The minimum absolute atomic E-state index is 0.443. The monoisotopic (exact) mass is 353 g/mol. The van der Waals surface area contributed by atoms with Crippen molar-refractivity contribution in [1.29, 1.82) is 0 Å². The second-order valence-corrected chi connectivity index (χ2v) is 7.29. The van der Waals surface area contributed by atoms with Crippen LogP contribution in [0, 0.1) is 13.8 Å². The Morgan fingerprint density at radius 1 is 1.08 bits per heavy atom. The first kappa shape index (κ1) is 18.6. The number of carboxylic acid groups (broad SMARTS) is 1. The Morgan fingerprint density at radius 2 is 1.77 bits per heavy atom. The summed E-state index contributed by atoms with van der Waals surface area (Å²) in [7, 11) is 0. The molecule has 0 radical (unpaired) electrons. The summed E-state index contributed by atoms with van der Waals surface area (Å²) in [5.74, 6) is -1.24. The minimum Gasteiger partial charge on any atom is -0.479 e. The molecule has 4 nitrogen and oxygen atoms in total. The van der Waals surface area contributed by atoms with Crippen molar-refractivity contribution >= 4 is 5.97 Å². The molecule has 2 N–H and O–H groups in total. The fraction of sp³-hybridized carbons (Fsp3) is 0.409. The Labute approximate surface area is 155 Å². The molecular formula is C22H27NO3. The maximum Gasteiger partial charge on any atom is 0.345 e. The number of rotatable bonds is 6. The summed E-state index contributed by atoms with van der Waals surface area (Å²) in [6.07, 6.45) is 3.18. The number of nitrogens with zero attached hydrogens (tertiary/aromatic N) is 1. The average Bonchev–Trinajstić information content (AvgIpc) is 3.15. The van der Waals surface area contributed by atoms with Crippen LogP contribution in [0.3, 0.4) is 0 Å². The van der Waals surface area contributed by atoms with Crippen LogP contribution >= 0.6 is 0 Å². The van der Waals surface area contributed by atoms with Crippen LogP contribution in [0.5, 0.6) is 0 Å². The van der Waals surface area contributed by atoms with Crippen molar-refractivity contribution in [3.05, 3.63) is 70.3 Å². The number of carboxylic acids is 1. The summed E-state index contributed by atoms with van der Waals surface area (Å²) in [5.41, 5.74) is 1.47. The predicted molar refractivity (Wildman–Crippen MR) is 102 cm³/mol. The third-order valence-corrected chi connectivity index (χ3v) is 5.40. The molecule has 1 saturated heterocycles. The van der Waals surface area contributed by atoms with Crippen LogP contribution < -0.4 is 0 Å². The summed E-state index contributed by atoms with van der Waals surface area (Å²) < 4.78 is 0. The van der Waals surface area contributed by atoms with Gasteiger partial charge in [0.1, 0.15) is 0 Å². The van der Waals surface area contributed by atoms with Gasteiger partial charge in [-0.1, -0.05) is 48.0 Å². The number of benzene rings is 2. The summed E-state index contributed by atoms with van der Waals surface area (Å²) in [6.45, 7) is 6.84. The molecule has 1 unspecified atom stereocenters. The van der Waals surface area contributed by atoms with E-state index in [1.165, 1.54) is 12.8 Å². The van der Waals surface area contributed by atoms with Gasteiger partial charge in [-0.25, -0.2) is 4.79 Å². The maximum absolute atomic E-state index is 12.2. The van der Waals surface area contributed by atoms with Crippen molar-refractivity contribution in [2.75, 3.05) is 19.6 Å². The van der Waals surface area contributed by atoms with Gasteiger partial charge in [-0.3, -0.25) is 0 Å². The lowest BCUT2D eigenvalue weighted by atomic mass is 9.80. The molecule has 3 rings (SSSR count). The fourth-order valence-electron chi connectivity index (χ4n) is 3.88. The van der Waals surface area contributed by atoms with Gasteiger partial charge in [0.25, 0.3) is 0 Å². The van der Waals surface area contributed by atoms with Crippen LogP contribution in [-0.2, 0) is 16.8 Å². The molecule has 1 atom stereocenters. The Balaban J connectivity index is 2.02. The maximum atomic E-state index is 12.2. The Morgan fingerprint density at radius 3 is 2.46 bits per heavy atom. The van der Waals surface area contributed by atoms with E-state index in [9.17, 15) is 15.0 Å².